The molecule has 1 saturated heterocycles. The van der Waals surface area contributed by atoms with Crippen molar-refractivity contribution in [3.8, 4) is 5.75 Å². The van der Waals surface area contributed by atoms with Crippen LogP contribution < -0.4 is 4.90 Å². The second-order valence-electron chi connectivity index (χ2n) is 6.97. The van der Waals surface area contributed by atoms with Gasteiger partial charge in [-0.05, 0) is 44.1 Å². The average Bonchev–Trinajstić information content (AvgIpc) is 3.13. The van der Waals surface area contributed by atoms with Crippen molar-refractivity contribution >= 4 is 17.5 Å². The summed E-state index contributed by atoms with van der Waals surface area (Å²) in [6, 6.07) is 5.05. The molecule has 130 valence electrons. The van der Waals surface area contributed by atoms with E-state index < -0.39 is 5.41 Å². The molecular formula is C19H26N2O3. The number of carbonyl (C=O) groups excluding carboxylic acids is 2. The van der Waals surface area contributed by atoms with Crippen molar-refractivity contribution in [3.63, 3.8) is 0 Å². The summed E-state index contributed by atoms with van der Waals surface area (Å²) in [7, 11) is 0. The summed E-state index contributed by atoms with van der Waals surface area (Å²) in [5.41, 5.74) is 0.881. The topological polar surface area (TPSA) is 60.9 Å². The van der Waals surface area contributed by atoms with Gasteiger partial charge in [0.05, 0.1) is 11.1 Å². The Labute approximate surface area is 143 Å². The van der Waals surface area contributed by atoms with E-state index in [1.54, 1.807) is 18.2 Å². The molecule has 0 radical (unpaired) electrons. The van der Waals surface area contributed by atoms with Crippen LogP contribution in [0.1, 0.15) is 51.5 Å². The molecule has 1 N–H and O–H groups in total. The third-order valence-electron chi connectivity index (χ3n) is 5.57. The molecule has 0 aromatic heterocycles. The van der Waals surface area contributed by atoms with Crippen molar-refractivity contribution in [2.24, 2.45) is 5.41 Å². The van der Waals surface area contributed by atoms with Crippen LogP contribution in [-0.2, 0) is 16.1 Å². The molecule has 2 aliphatic rings. The number of nitrogens with zero attached hydrogens (tertiary/aromatic N) is 2. The fraction of sp³-hybridized carbons (Fsp3) is 0.579. The van der Waals surface area contributed by atoms with Gasteiger partial charge in [-0.15, -0.1) is 0 Å². The Bertz CT molecular complexity index is 646. The van der Waals surface area contributed by atoms with E-state index in [0.717, 1.165) is 44.3 Å². The monoisotopic (exact) mass is 330 g/mol. The first-order valence-corrected chi connectivity index (χ1v) is 8.92. The van der Waals surface area contributed by atoms with Crippen molar-refractivity contribution in [1.29, 1.82) is 0 Å². The molecule has 3 rings (SSSR count). The van der Waals surface area contributed by atoms with E-state index in [2.05, 4.69) is 18.7 Å². The van der Waals surface area contributed by atoms with Gasteiger partial charge in [0, 0.05) is 18.5 Å². The normalized spacial score (nSPS) is 19.9. The third-order valence-corrected chi connectivity index (χ3v) is 5.57. The van der Waals surface area contributed by atoms with Crippen LogP contribution in [0.15, 0.2) is 18.2 Å². The van der Waals surface area contributed by atoms with Crippen LogP contribution in [0, 0.1) is 5.41 Å². The number of imide groups is 1. The second kappa shape index (κ2) is 6.55. The highest BCUT2D eigenvalue weighted by Gasteiger charge is 2.53. The summed E-state index contributed by atoms with van der Waals surface area (Å²) >= 11 is 0. The lowest BCUT2D eigenvalue weighted by Crippen LogP contribution is -2.34. The zero-order valence-electron chi connectivity index (χ0n) is 14.5. The van der Waals surface area contributed by atoms with Crippen molar-refractivity contribution < 1.29 is 14.7 Å². The fourth-order valence-corrected chi connectivity index (χ4v) is 4.02. The Morgan fingerprint density at radius 1 is 1.17 bits per heavy atom. The number of benzene rings is 1. The molecule has 24 heavy (non-hydrogen) atoms. The van der Waals surface area contributed by atoms with Crippen molar-refractivity contribution in [3.05, 3.63) is 23.8 Å². The van der Waals surface area contributed by atoms with Crippen LogP contribution in [0.4, 0.5) is 5.69 Å². The van der Waals surface area contributed by atoms with E-state index >= 15 is 0 Å². The minimum atomic E-state index is -0.464. The third kappa shape index (κ3) is 2.81. The lowest BCUT2D eigenvalue weighted by atomic mass is 9.84. The van der Waals surface area contributed by atoms with E-state index in [4.69, 9.17) is 0 Å². The first-order valence-electron chi connectivity index (χ1n) is 8.92. The molecule has 0 atom stereocenters. The molecule has 1 aliphatic heterocycles. The summed E-state index contributed by atoms with van der Waals surface area (Å²) in [5.74, 6) is 0.0474. The molecule has 0 unspecified atom stereocenters. The van der Waals surface area contributed by atoms with Crippen LogP contribution in [0.2, 0.25) is 0 Å². The fourth-order valence-electron chi connectivity index (χ4n) is 4.02. The van der Waals surface area contributed by atoms with Crippen molar-refractivity contribution in [2.45, 2.75) is 52.5 Å². The van der Waals surface area contributed by atoms with Gasteiger partial charge in [0.25, 0.3) is 0 Å². The smallest absolute Gasteiger partial charge is 0.240 e. The molecule has 5 nitrogen and oxygen atoms in total. The number of phenols is 1. The number of rotatable bonds is 5. The van der Waals surface area contributed by atoms with E-state index in [1.165, 1.54) is 4.90 Å². The van der Waals surface area contributed by atoms with E-state index in [9.17, 15) is 14.7 Å². The van der Waals surface area contributed by atoms with Crippen LogP contribution in [-0.4, -0.2) is 34.9 Å². The summed E-state index contributed by atoms with van der Waals surface area (Å²) in [4.78, 5) is 28.9. The molecule has 0 bridgehead atoms. The number of phenolic OH excluding ortho intramolecular Hbond substituents is 1. The predicted molar refractivity (Wildman–Crippen MR) is 92.7 cm³/mol. The van der Waals surface area contributed by atoms with Gasteiger partial charge in [-0.1, -0.05) is 26.7 Å². The van der Waals surface area contributed by atoms with E-state index in [0.29, 0.717) is 18.7 Å². The van der Waals surface area contributed by atoms with Gasteiger partial charge in [0.2, 0.25) is 11.8 Å². The van der Waals surface area contributed by atoms with Crippen LogP contribution in [0.3, 0.4) is 0 Å². The van der Waals surface area contributed by atoms with Crippen LogP contribution in [0.25, 0.3) is 0 Å². The zero-order chi connectivity index (χ0) is 17.3. The quantitative estimate of drug-likeness (QED) is 0.843. The Morgan fingerprint density at radius 3 is 2.46 bits per heavy atom. The maximum Gasteiger partial charge on any atom is 0.240 e. The Morgan fingerprint density at radius 2 is 1.83 bits per heavy atom. The first kappa shape index (κ1) is 17.0. The summed E-state index contributed by atoms with van der Waals surface area (Å²) in [6.07, 6.45) is 4.01. The highest BCUT2D eigenvalue weighted by molar-refractivity contribution is 6.22. The van der Waals surface area contributed by atoms with Crippen LogP contribution >= 0.6 is 0 Å². The average molecular weight is 330 g/mol. The van der Waals surface area contributed by atoms with Gasteiger partial charge >= 0.3 is 0 Å². The van der Waals surface area contributed by atoms with Gasteiger partial charge in [0.1, 0.15) is 5.75 Å². The molecule has 1 aliphatic carbocycles. The number of hydrogen-bond donors (Lipinski definition) is 1. The molecule has 2 amide bonds. The van der Waals surface area contributed by atoms with Crippen LogP contribution in [0.5, 0.6) is 5.75 Å². The standard InChI is InChI=1S/C19H26N2O3/c1-3-20(4-2)13-14-11-15(7-8-16(14)22)21-17(23)12-19(18(21)24)9-5-6-10-19/h7-8,11,22H,3-6,9-10,12-13H2,1-2H3. The largest absolute Gasteiger partial charge is 0.508 e. The maximum absolute atomic E-state index is 12.9. The van der Waals surface area contributed by atoms with Gasteiger partial charge in [0.15, 0.2) is 0 Å². The lowest BCUT2D eigenvalue weighted by Gasteiger charge is -2.23. The molecule has 1 aromatic rings. The summed E-state index contributed by atoms with van der Waals surface area (Å²) in [5, 5.41) is 10.1. The number of anilines is 1. The Balaban J connectivity index is 1.89. The van der Waals surface area contributed by atoms with Crippen molar-refractivity contribution in [1.82, 2.24) is 4.90 Å². The van der Waals surface area contributed by atoms with Gasteiger partial charge in [-0.3, -0.25) is 19.4 Å². The van der Waals surface area contributed by atoms with Gasteiger partial charge < -0.3 is 5.11 Å². The molecule has 1 aromatic carbocycles. The molecule has 1 heterocycles. The van der Waals surface area contributed by atoms with E-state index in [1.807, 2.05) is 0 Å². The first-order chi connectivity index (χ1) is 11.5. The molecule has 1 saturated carbocycles. The Hall–Kier alpha value is -1.88. The summed E-state index contributed by atoms with van der Waals surface area (Å²) in [6.45, 7) is 6.51. The van der Waals surface area contributed by atoms with Gasteiger partial charge in [-0.25, -0.2) is 0 Å². The molecule has 2 fully saturated rings. The number of amides is 2. The highest BCUT2D eigenvalue weighted by Crippen LogP contribution is 2.48. The Kier molecular flexibility index (Phi) is 4.63. The second-order valence-corrected chi connectivity index (χ2v) is 6.97. The maximum atomic E-state index is 12.9. The SMILES string of the molecule is CCN(CC)Cc1cc(N2C(=O)CC3(CCCC3)C2=O)ccc1O. The van der Waals surface area contributed by atoms with Gasteiger partial charge in [-0.2, -0.15) is 0 Å². The summed E-state index contributed by atoms with van der Waals surface area (Å²) < 4.78 is 0. The predicted octanol–water partition coefficient (Wildman–Crippen LogP) is 3.06. The van der Waals surface area contributed by atoms with E-state index in [-0.39, 0.29) is 17.6 Å². The zero-order valence-corrected chi connectivity index (χ0v) is 14.5. The molecule has 5 heteroatoms. The number of aromatic hydroxyl groups is 1. The minimum Gasteiger partial charge on any atom is -0.508 e. The molecule has 1 spiro atoms. The minimum absolute atomic E-state index is 0.0514. The molecular weight excluding hydrogens is 304 g/mol. The lowest BCUT2D eigenvalue weighted by molar-refractivity contribution is -0.125. The highest BCUT2D eigenvalue weighted by atomic mass is 16.3. The van der Waals surface area contributed by atoms with Crippen molar-refractivity contribution in [2.75, 3.05) is 18.0 Å². The number of hydrogen-bond acceptors (Lipinski definition) is 4. The number of carbonyl (C=O) groups is 2.